The SMILES string of the molecule is FC(F)(F)c1ccc(P)c(Nc2ccccc2)c1. The van der Waals surface area contributed by atoms with Gasteiger partial charge in [0.05, 0.1) is 5.56 Å². The molecule has 18 heavy (non-hydrogen) atoms. The van der Waals surface area contributed by atoms with E-state index in [4.69, 9.17) is 0 Å². The van der Waals surface area contributed by atoms with Gasteiger partial charge in [0.15, 0.2) is 0 Å². The molecular formula is C13H11F3NP. The molecule has 2 aromatic rings. The third-order valence-corrected chi connectivity index (χ3v) is 2.94. The van der Waals surface area contributed by atoms with Gasteiger partial charge < -0.3 is 5.32 Å². The standard InChI is InChI=1S/C13H11F3NP/c14-13(15,16)9-6-7-12(18)11(8-9)17-10-4-2-1-3-5-10/h1-8,17H,18H2. The van der Waals surface area contributed by atoms with Crippen LogP contribution in [0.3, 0.4) is 0 Å². The zero-order valence-electron chi connectivity index (χ0n) is 9.33. The highest BCUT2D eigenvalue weighted by Gasteiger charge is 2.30. The van der Waals surface area contributed by atoms with Gasteiger partial charge in [-0.1, -0.05) is 24.3 Å². The third kappa shape index (κ3) is 3.02. The first kappa shape index (κ1) is 12.9. The number of nitrogens with one attached hydrogen (secondary N) is 1. The third-order valence-electron chi connectivity index (χ3n) is 2.43. The summed E-state index contributed by atoms with van der Waals surface area (Å²) >= 11 is 0. The Balaban J connectivity index is 2.33. The summed E-state index contributed by atoms with van der Waals surface area (Å²) in [4.78, 5) is 0. The van der Waals surface area contributed by atoms with Crippen molar-refractivity contribution >= 4 is 25.9 Å². The van der Waals surface area contributed by atoms with Gasteiger partial charge in [-0.2, -0.15) is 13.2 Å². The van der Waals surface area contributed by atoms with Gasteiger partial charge in [0, 0.05) is 11.4 Å². The number of para-hydroxylation sites is 1. The molecule has 0 fully saturated rings. The maximum atomic E-state index is 12.6. The van der Waals surface area contributed by atoms with Crippen molar-refractivity contribution in [1.82, 2.24) is 0 Å². The molecule has 0 aliphatic carbocycles. The molecule has 0 aliphatic rings. The van der Waals surface area contributed by atoms with E-state index in [1.165, 1.54) is 6.07 Å². The highest BCUT2D eigenvalue weighted by atomic mass is 31.0. The maximum Gasteiger partial charge on any atom is 0.416 e. The van der Waals surface area contributed by atoms with Gasteiger partial charge in [-0.3, -0.25) is 0 Å². The molecule has 2 rings (SSSR count). The fourth-order valence-corrected chi connectivity index (χ4v) is 1.77. The Morgan fingerprint density at radius 2 is 1.61 bits per heavy atom. The van der Waals surface area contributed by atoms with Crippen LogP contribution in [0.2, 0.25) is 0 Å². The van der Waals surface area contributed by atoms with Crippen molar-refractivity contribution in [3.8, 4) is 0 Å². The van der Waals surface area contributed by atoms with E-state index in [0.29, 0.717) is 11.0 Å². The Morgan fingerprint density at radius 3 is 2.22 bits per heavy atom. The Morgan fingerprint density at radius 1 is 0.944 bits per heavy atom. The van der Waals surface area contributed by atoms with Gasteiger partial charge in [0.1, 0.15) is 0 Å². The summed E-state index contributed by atoms with van der Waals surface area (Å²) in [5.74, 6) is 0. The summed E-state index contributed by atoms with van der Waals surface area (Å²) in [6.07, 6.45) is -4.33. The fourth-order valence-electron chi connectivity index (χ4n) is 1.52. The summed E-state index contributed by atoms with van der Waals surface area (Å²) in [7, 11) is 2.42. The van der Waals surface area contributed by atoms with Crippen LogP contribution >= 0.6 is 9.24 Å². The van der Waals surface area contributed by atoms with Gasteiger partial charge in [0.2, 0.25) is 0 Å². The molecule has 0 heterocycles. The van der Waals surface area contributed by atoms with E-state index in [9.17, 15) is 13.2 Å². The molecular weight excluding hydrogens is 258 g/mol. The van der Waals surface area contributed by atoms with Gasteiger partial charge in [-0.25, -0.2) is 0 Å². The van der Waals surface area contributed by atoms with Crippen molar-refractivity contribution in [1.29, 1.82) is 0 Å². The van der Waals surface area contributed by atoms with Crippen LogP contribution in [0.1, 0.15) is 5.56 Å². The molecule has 0 saturated heterocycles. The largest absolute Gasteiger partial charge is 0.416 e. The van der Waals surface area contributed by atoms with Crippen molar-refractivity contribution in [3.05, 3.63) is 54.1 Å². The molecule has 1 N–H and O–H groups in total. The van der Waals surface area contributed by atoms with E-state index in [-0.39, 0.29) is 0 Å². The summed E-state index contributed by atoms with van der Waals surface area (Å²) in [6, 6.07) is 12.7. The van der Waals surface area contributed by atoms with Crippen LogP contribution in [-0.2, 0) is 6.18 Å². The lowest BCUT2D eigenvalue weighted by Gasteiger charge is -2.13. The average Bonchev–Trinajstić information content (AvgIpc) is 2.32. The van der Waals surface area contributed by atoms with Crippen molar-refractivity contribution < 1.29 is 13.2 Å². The maximum absolute atomic E-state index is 12.6. The summed E-state index contributed by atoms with van der Waals surface area (Å²) in [5.41, 5.74) is 0.522. The Bertz CT molecular complexity index is 538. The van der Waals surface area contributed by atoms with Crippen LogP contribution in [-0.4, -0.2) is 0 Å². The van der Waals surface area contributed by atoms with Crippen LogP contribution in [0.15, 0.2) is 48.5 Å². The van der Waals surface area contributed by atoms with Gasteiger partial charge in [-0.05, 0) is 29.6 Å². The Labute approximate surface area is 105 Å². The first-order chi connectivity index (χ1) is 8.47. The number of hydrogen-bond acceptors (Lipinski definition) is 1. The zero-order valence-corrected chi connectivity index (χ0v) is 10.5. The number of rotatable bonds is 2. The lowest BCUT2D eigenvalue weighted by molar-refractivity contribution is -0.137. The number of benzene rings is 2. The molecule has 2 aromatic carbocycles. The molecule has 0 spiro atoms. The predicted octanol–water partition coefficient (Wildman–Crippen LogP) is 3.95. The van der Waals surface area contributed by atoms with Gasteiger partial charge in [0.25, 0.3) is 0 Å². The summed E-state index contributed by atoms with van der Waals surface area (Å²) in [5, 5.41) is 3.65. The molecule has 1 nitrogen and oxygen atoms in total. The molecule has 0 radical (unpaired) electrons. The van der Waals surface area contributed by atoms with E-state index in [2.05, 4.69) is 14.6 Å². The topological polar surface area (TPSA) is 12.0 Å². The van der Waals surface area contributed by atoms with Crippen LogP contribution in [0.4, 0.5) is 24.5 Å². The van der Waals surface area contributed by atoms with E-state index >= 15 is 0 Å². The average molecular weight is 269 g/mol. The molecule has 94 valence electrons. The smallest absolute Gasteiger partial charge is 0.355 e. The normalized spacial score (nSPS) is 11.3. The highest BCUT2D eigenvalue weighted by Crippen LogP contribution is 2.31. The van der Waals surface area contributed by atoms with E-state index < -0.39 is 11.7 Å². The first-order valence-corrected chi connectivity index (χ1v) is 5.83. The van der Waals surface area contributed by atoms with Gasteiger partial charge in [-0.15, -0.1) is 9.24 Å². The van der Waals surface area contributed by atoms with Crippen LogP contribution in [0.25, 0.3) is 0 Å². The zero-order chi connectivity index (χ0) is 13.2. The van der Waals surface area contributed by atoms with Crippen molar-refractivity contribution in [2.24, 2.45) is 0 Å². The molecule has 0 bridgehead atoms. The van der Waals surface area contributed by atoms with Crippen LogP contribution in [0.5, 0.6) is 0 Å². The van der Waals surface area contributed by atoms with E-state index in [1.807, 2.05) is 18.2 Å². The first-order valence-electron chi connectivity index (χ1n) is 5.25. The molecule has 1 unspecified atom stereocenters. The highest BCUT2D eigenvalue weighted by molar-refractivity contribution is 7.28. The minimum atomic E-state index is -4.33. The van der Waals surface area contributed by atoms with E-state index in [0.717, 1.165) is 17.8 Å². The minimum absolute atomic E-state index is 0.432. The van der Waals surface area contributed by atoms with Crippen molar-refractivity contribution in [2.75, 3.05) is 5.32 Å². The number of halogens is 3. The summed E-state index contributed by atoms with van der Waals surface area (Å²) in [6.45, 7) is 0. The fraction of sp³-hybridized carbons (Fsp3) is 0.0769. The van der Waals surface area contributed by atoms with E-state index in [1.54, 1.807) is 12.1 Å². The number of hydrogen-bond donors (Lipinski definition) is 1. The quantitative estimate of drug-likeness (QED) is 0.814. The van der Waals surface area contributed by atoms with Crippen molar-refractivity contribution in [3.63, 3.8) is 0 Å². The number of anilines is 2. The predicted molar refractivity (Wildman–Crippen MR) is 70.5 cm³/mol. The molecule has 0 aliphatic heterocycles. The second-order valence-corrected chi connectivity index (χ2v) is 4.41. The second kappa shape index (κ2) is 4.99. The molecule has 0 aromatic heterocycles. The molecule has 5 heteroatoms. The minimum Gasteiger partial charge on any atom is -0.355 e. The Kier molecular flexibility index (Phi) is 3.58. The van der Waals surface area contributed by atoms with Crippen LogP contribution in [0, 0.1) is 0 Å². The summed E-state index contributed by atoms with van der Waals surface area (Å²) < 4.78 is 37.8. The van der Waals surface area contributed by atoms with Crippen molar-refractivity contribution in [2.45, 2.75) is 6.18 Å². The Hall–Kier alpha value is -1.54. The molecule has 0 saturated carbocycles. The second-order valence-electron chi connectivity index (χ2n) is 3.79. The van der Waals surface area contributed by atoms with Gasteiger partial charge >= 0.3 is 6.18 Å². The molecule has 1 atom stereocenters. The molecule has 0 amide bonds. The number of alkyl halides is 3. The lowest BCUT2D eigenvalue weighted by Crippen LogP contribution is -2.09. The lowest BCUT2D eigenvalue weighted by atomic mass is 10.2. The van der Waals surface area contributed by atoms with Crippen LogP contribution < -0.4 is 10.6 Å². The monoisotopic (exact) mass is 269 g/mol.